The molecule has 0 bridgehead atoms. The van der Waals surface area contributed by atoms with E-state index in [1.807, 2.05) is 0 Å². The van der Waals surface area contributed by atoms with Gasteiger partial charge in [-0.1, -0.05) is 23.1 Å². The number of halogens is 4. The summed E-state index contributed by atoms with van der Waals surface area (Å²) < 4.78 is 40.6. The van der Waals surface area contributed by atoms with E-state index in [-0.39, 0.29) is 56.3 Å². The zero-order valence-corrected chi connectivity index (χ0v) is 12.6. The van der Waals surface area contributed by atoms with Gasteiger partial charge in [-0.15, -0.1) is 11.3 Å². The van der Waals surface area contributed by atoms with Crippen LogP contribution in [0.3, 0.4) is 0 Å². The first kappa shape index (κ1) is 16.0. The van der Waals surface area contributed by atoms with Gasteiger partial charge in [0.05, 0.1) is 11.4 Å². The number of ether oxygens (including phenoxy) is 1. The first-order chi connectivity index (χ1) is 6.36. The van der Waals surface area contributed by atoms with Crippen molar-refractivity contribution in [1.82, 2.24) is 0 Å². The molecule has 0 aliphatic carbocycles. The smallest absolute Gasteiger partial charge is 0.465 e. The number of esters is 1. The van der Waals surface area contributed by atoms with Crippen LogP contribution in [0, 0.1) is 0 Å². The summed E-state index contributed by atoms with van der Waals surface area (Å²) in [6.45, 7) is -5.17. The Morgan fingerprint density at radius 2 is 2.07 bits per heavy atom. The topological polar surface area (TPSA) is 26.3 Å². The second-order valence-electron chi connectivity index (χ2n) is 2.41. The Morgan fingerprint density at radius 1 is 1.53 bits per heavy atom. The molecule has 2 nitrogen and oxygen atoms in total. The summed E-state index contributed by atoms with van der Waals surface area (Å²) in [4.78, 5) is 10.7. The van der Waals surface area contributed by atoms with Crippen LogP contribution in [0.2, 0.25) is 4.34 Å². The molecule has 0 aliphatic rings. The van der Waals surface area contributed by atoms with E-state index in [9.17, 15) is 17.7 Å². The molecule has 0 N–H and O–H groups in total. The molecule has 9 heteroatoms. The molecule has 0 aromatic carbocycles. The predicted octanol–water partition coefficient (Wildman–Crippen LogP) is -0.753. The van der Waals surface area contributed by atoms with E-state index in [4.69, 9.17) is 11.6 Å². The van der Waals surface area contributed by atoms with Gasteiger partial charge in [-0.05, 0) is 0 Å². The van der Waals surface area contributed by atoms with Crippen LogP contribution in [0.5, 0.6) is 0 Å². The summed E-state index contributed by atoms with van der Waals surface area (Å²) in [5.74, 6) is -0.816. The largest absolute Gasteiger partial charge is 1.00 e. The summed E-state index contributed by atoms with van der Waals surface area (Å²) in [6.07, 6.45) is 0. The average molecular weight is 283 g/mol. The van der Waals surface area contributed by atoms with Gasteiger partial charge >= 0.3 is 64.3 Å². The first-order valence-electron chi connectivity index (χ1n) is 3.43. The SMILES string of the molecule is COC(=O)c1cc([B-](F)(F)F)c(Cl)s1.[K+]. The number of rotatable bonds is 2. The third kappa shape index (κ3) is 4.03. The molecule has 15 heavy (non-hydrogen) atoms. The molecule has 0 unspecified atom stereocenters. The zero-order valence-electron chi connectivity index (χ0n) is 7.89. The van der Waals surface area contributed by atoms with E-state index in [0.29, 0.717) is 17.4 Å². The maximum Gasteiger partial charge on any atom is 1.00 e. The van der Waals surface area contributed by atoms with Crippen molar-refractivity contribution in [2.75, 3.05) is 7.11 Å². The molecule has 0 radical (unpaired) electrons. The van der Waals surface area contributed by atoms with E-state index in [1.165, 1.54) is 0 Å². The minimum absolute atomic E-state index is 0. The van der Waals surface area contributed by atoms with Gasteiger partial charge in [-0.3, -0.25) is 0 Å². The molecule has 0 spiro atoms. The second-order valence-corrected chi connectivity index (χ2v) is 4.06. The van der Waals surface area contributed by atoms with Crippen LogP contribution in [0.15, 0.2) is 6.07 Å². The first-order valence-corrected chi connectivity index (χ1v) is 4.63. The minimum atomic E-state index is -5.17. The Balaban J connectivity index is 0.00000196. The fourth-order valence-corrected chi connectivity index (χ4v) is 2.09. The van der Waals surface area contributed by atoms with Crippen molar-refractivity contribution < 1.29 is 73.9 Å². The Morgan fingerprint density at radius 3 is 2.40 bits per heavy atom. The van der Waals surface area contributed by atoms with E-state index in [0.717, 1.165) is 7.11 Å². The van der Waals surface area contributed by atoms with Gasteiger partial charge in [0.1, 0.15) is 4.88 Å². The number of hydrogen-bond donors (Lipinski definition) is 0. The van der Waals surface area contributed by atoms with Crippen LogP contribution >= 0.6 is 22.9 Å². The molecule has 0 fully saturated rings. The van der Waals surface area contributed by atoms with Gasteiger partial charge in [0.25, 0.3) is 0 Å². The number of hydrogen-bond acceptors (Lipinski definition) is 3. The standard InChI is InChI=1S/C6H4BClF3O2S.K/c1-13-6(12)4-2-3(5(8)14-4)7(9,10)11;/h2H,1H3;/q-1;+1. The Kier molecular flexibility index (Phi) is 6.42. The number of carbonyl (C=O) groups excluding carboxylic acids is 1. The van der Waals surface area contributed by atoms with Crippen LogP contribution in [0.25, 0.3) is 0 Å². The average Bonchev–Trinajstić information content (AvgIpc) is 2.45. The molecule has 0 aliphatic heterocycles. The summed E-state index contributed by atoms with van der Waals surface area (Å²) in [6, 6.07) is 0.707. The molecule has 0 saturated heterocycles. The van der Waals surface area contributed by atoms with E-state index >= 15 is 0 Å². The van der Waals surface area contributed by atoms with E-state index in [1.54, 1.807) is 0 Å². The molecule has 1 aromatic heterocycles. The van der Waals surface area contributed by atoms with Crippen molar-refractivity contribution in [1.29, 1.82) is 0 Å². The molecule has 78 valence electrons. The van der Waals surface area contributed by atoms with E-state index in [2.05, 4.69) is 4.74 Å². The van der Waals surface area contributed by atoms with E-state index < -0.39 is 22.7 Å². The third-order valence-electron chi connectivity index (χ3n) is 1.45. The van der Waals surface area contributed by atoms with Crippen LogP contribution in [-0.4, -0.2) is 20.1 Å². The van der Waals surface area contributed by atoms with Crippen molar-refractivity contribution in [2.24, 2.45) is 0 Å². The summed E-state index contributed by atoms with van der Waals surface area (Å²) >= 11 is 5.90. The van der Waals surface area contributed by atoms with Gasteiger partial charge < -0.3 is 17.7 Å². The quantitative estimate of drug-likeness (QED) is 0.527. The molecular weight excluding hydrogens is 278 g/mol. The van der Waals surface area contributed by atoms with Crippen molar-refractivity contribution in [3.8, 4) is 0 Å². The number of thiophene rings is 1. The molecular formula is C6H4BClF3KO2S. The van der Waals surface area contributed by atoms with Gasteiger partial charge in [-0.25, -0.2) is 4.79 Å². The Bertz CT molecular complexity index is 368. The monoisotopic (exact) mass is 282 g/mol. The fraction of sp³-hybridized carbons (Fsp3) is 0.167. The summed E-state index contributed by atoms with van der Waals surface area (Å²) in [5, 5.41) is 0. The van der Waals surface area contributed by atoms with Crippen LogP contribution in [0.4, 0.5) is 12.9 Å². The Hall–Kier alpha value is 0.951. The molecule has 0 saturated carbocycles. The summed E-state index contributed by atoms with van der Waals surface area (Å²) in [7, 11) is 1.09. The number of methoxy groups -OCH3 is 1. The Labute approximate surface area is 136 Å². The van der Waals surface area contributed by atoms with Gasteiger partial charge in [0.2, 0.25) is 0 Å². The maximum absolute atomic E-state index is 12.3. The molecule has 1 aromatic rings. The summed E-state index contributed by atoms with van der Waals surface area (Å²) in [5.41, 5.74) is -0.947. The molecule has 0 amide bonds. The predicted molar refractivity (Wildman–Crippen MR) is 49.4 cm³/mol. The second kappa shape index (κ2) is 6.04. The van der Waals surface area contributed by atoms with Gasteiger partial charge in [0.15, 0.2) is 0 Å². The molecule has 1 rings (SSSR count). The van der Waals surface area contributed by atoms with Crippen LogP contribution in [-0.2, 0) is 4.74 Å². The van der Waals surface area contributed by atoms with Crippen LogP contribution in [0.1, 0.15) is 9.67 Å². The van der Waals surface area contributed by atoms with Crippen molar-refractivity contribution in [2.45, 2.75) is 0 Å². The van der Waals surface area contributed by atoms with Crippen LogP contribution < -0.4 is 56.8 Å². The zero-order chi connectivity index (χ0) is 10.9. The van der Waals surface area contributed by atoms with Gasteiger partial charge in [-0.2, -0.15) is 0 Å². The van der Waals surface area contributed by atoms with Crippen molar-refractivity contribution >= 4 is 41.3 Å². The van der Waals surface area contributed by atoms with Crippen molar-refractivity contribution in [3.63, 3.8) is 0 Å². The fourth-order valence-electron chi connectivity index (χ4n) is 0.807. The maximum atomic E-state index is 12.3. The normalized spacial score (nSPS) is 10.7. The molecule has 1 heterocycles. The third-order valence-corrected chi connectivity index (χ3v) is 2.82. The van der Waals surface area contributed by atoms with Gasteiger partial charge in [0, 0.05) is 0 Å². The minimum Gasteiger partial charge on any atom is -0.465 e. The number of carbonyl (C=O) groups is 1. The van der Waals surface area contributed by atoms with Crippen molar-refractivity contribution in [3.05, 3.63) is 15.3 Å². The molecule has 0 atom stereocenters.